The Morgan fingerprint density at radius 2 is 1.50 bits per heavy atom. The van der Waals surface area contributed by atoms with Crippen LogP contribution in [0.2, 0.25) is 0 Å². The van der Waals surface area contributed by atoms with Gasteiger partial charge in [-0.05, 0) is 60.2 Å². The lowest BCUT2D eigenvalue weighted by atomic mass is 10.1. The summed E-state index contributed by atoms with van der Waals surface area (Å²) < 4.78 is 10.7. The molecule has 0 aliphatic heterocycles. The van der Waals surface area contributed by atoms with Crippen molar-refractivity contribution in [3.63, 3.8) is 0 Å². The van der Waals surface area contributed by atoms with Gasteiger partial charge in [0, 0.05) is 33.5 Å². The molecule has 0 saturated carbocycles. The number of rotatable bonds is 10. The summed E-state index contributed by atoms with van der Waals surface area (Å²) in [4.78, 5) is 27.3. The summed E-state index contributed by atoms with van der Waals surface area (Å²) in [5.74, 6) is 1.12. The van der Waals surface area contributed by atoms with E-state index in [9.17, 15) is 9.59 Å². The maximum Gasteiger partial charge on any atom is 0.272 e. The number of carbonyl (C=O) groups excluding carboxylic acids is 2. The molecule has 6 nitrogen and oxygen atoms in total. The second-order valence-corrected chi connectivity index (χ2v) is 9.29. The fourth-order valence-corrected chi connectivity index (χ4v) is 4.46. The van der Waals surface area contributed by atoms with Gasteiger partial charge in [0.05, 0.1) is 14.2 Å². The normalized spacial score (nSPS) is 10.9. The molecular formula is C31H28N2O4S. The number of carbonyl (C=O) groups is 2. The van der Waals surface area contributed by atoms with E-state index >= 15 is 0 Å². The first-order chi connectivity index (χ1) is 18.6. The van der Waals surface area contributed by atoms with Gasteiger partial charge in [0.15, 0.2) is 0 Å². The van der Waals surface area contributed by atoms with Crippen molar-refractivity contribution < 1.29 is 19.1 Å². The van der Waals surface area contributed by atoms with E-state index in [0.717, 1.165) is 10.6 Å². The van der Waals surface area contributed by atoms with Gasteiger partial charge >= 0.3 is 0 Å². The van der Waals surface area contributed by atoms with Gasteiger partial charge in [-0.3, -0.25) is 9.59 Å². The number of hydrogen-bond donors (Lipinski definition) is 2. The van der Waals surface area contributed by atoms with E-state index in [-0.39, 0.29) is 5.70 Å². The highest BCUT2D eigenvalue weighted by atomic mass is 32.2. The zero-order valence-corrected chi connectivity index (χ0v) is 22.0. The van der Waals surface area contributed by atoms with Crippen molar-refractivity contribution in [1.29, 1.82) is 0 Å². The number of nitrogens with one attached hydrogen (secondary N) is 2. The van der Waals surface area contributed by atoms with Crippen molar-refractivity contribution in [2.24, 2.45) is 0 Å². The van der Waals surface area contributed by atoms with Crippen LogP contribution in [-0.4, -0.2) is 26.0 Å². The Labute approximate surface area is 226 Å². The third-order valence-corrected chi connectivity index (χ3v) is 6.71. The molecule has 4 rings (SSSR count). The van der Waals surface area contributed by atoms with E-state index in [0.29, 0.717) is 28.3 Å². The summed E-state index contributed by atoms with van der Waals surface area (Å²) in [5, 5.41) is 5.63. The zero-order chi connectivity index (χ0) is 26.7. The molecule has 0 spiro atoms. The summed E-state index contributed by atoms with van der Waals surface area (Å²) in [6.45, 7) is 0. The second kappa shape index (κ2) is 13.2. The number of benzene rings is 4. The summed E-state index contributed by atoms with van der Waals surface area (Å²) >= 11 is 1.72. The highest BCUT2D eigenvalue weighted by Gasteiger charge is 2.16. The van der Waals surface area contributed by atoms with E-state index in [1.165, 1.54) is 12.7 Å². The Morgan fingerprint density at radius 1 is 0.816 bits per heavy atom. The van der Waals surface area contributed by atoms with E-state index in [2.05, 4.69) is 22.8 Å². The summed E-state index contributed by atoms with van der Waals surface area (Å²) in [6, 6.07) is 31.8. The molecule has 2 N–H and O–H groups in total. The van der Waals surface area contributed by atoms with Crippen LogP contribution in [0.5, 0.6) is 11.5 Å². The van der Waals surface area contributed by atoms with Crippen molar-refractivity contribution in [2.75, 3.05) is 19.5 Å². The van der Waals surface area contributed by atoms with Crippen molar-refractivity contribution in [2.45, 2.75) is 10.6 Å². The fraction of sp³-hybridized carbons (Fsp3) is 0.0968. The molecule has 0 aromatic heterocycles. The average Bonchev–Trinajstić information content (AvgIpc) is 2.97. The lowest BCUT2D eigenvalue weighted by Crippen LogP contribution is -2.30. The van der Waals surface area contributed by atoms with Gasteiger partial charge < -0.3 is 20.1 Å². The molecule has 0 heterocycles. The Kier molecular flexibility index (Phi) is 9.21. The molecule has 0 fully saturated rings. The average molecular weight is 525 g/mol. The first kappa shape index (κ1) is 26.6. The highest BCUT2D eigenvalue weighted by Crippen LogP contribution is 2.27. The van der Waals surface area contributed by atoms with Crippen molar-refractivity contribution in [3.05, 3.63) is 126 Å². The van der Waals surface area contributed by atoms with Crippen molar-refractivity contribution >= 4 is 35.3 Å². The van der Waals surface area contributed by atoms with Crippen molar-refractivity contribution in [1.82, 2.24) is 5.32 Å². The zero-order valence-electron chi connectivity index (χ0n) is 21.1. The van der Waals surface area contributed by atoms with Crippen LogP contribution in [-0.2, 0) is 10.5 Å². The summed E-state index contributed by atoms with van der Waals surface area (Å²) in [6.07, 6.45) is 1.58. The predicted octanol–water partition coefficient (Wildman–Crippen LogP) is 6.41. The van der Waals surface area contributed by atoms with Crippen LogP contribution < -0.4 is 20.1 Å². The van der Waals surface area contributed by atoms with Crippen LogP contribution in [0.15, 0.2) is 114 Å². The number of amides is 2. The molecule has 0 unspecified atom stereocenters. The molecule has 192 valence electrons. The van der Waals surface area contributed by atoms with Crippen LogP contribution in [0.4, 0.5) is 5.69 Å². The number of hydrogen-bond acceptors (Lipinski definition) is 5. The molecule has 2 amide bonds. The fourth-order valence-electron chi connectivity index (χ4n) is 3.61. The number of methoxy groups -OCH3 is 2. The highest BCUT2D eigenvalue weighted by molar-refractivity contribution is 7.98. The predicted molar refractivity (Wildman–Crippen MR) is 153 cm³/mol. The first-order valence-corrected chi connectivity index (χ1v) is 12.9. The van der Waals surface area contributed by atoms with E-state index in [1.54, 1.807) is 67.4 Å². The van der Waals surface area contributed by atoms with Crippen LogP contribution in [0.3, 0.4) is 0 Å². The minimum atomic E-state index is -0.461. The molecule has 0 saturated heterocycles. The van der Waals surface area contributed by atoms with Gasteiger partial charge in [-0.25, -0.2) is 0 Å². The van der Waals surface area contributed by atoms with Gasteiger partial charge in [-0.1, -0.05) is 48.5 Å². The maximum absolute atomic E-state index is 13.3. The third kappa shape index (κ3) is 7.27. The monoisotopic (exact) mass is 524 g/mol. The molecule has 0 radical (unpaired) electrons. The lowest BCUT2D eigenvalue weighted by molar-refractivity contribution is -0.113. The van der Waals surface area contributed by atoms with E-state index < -0.39 is 11.8 Å². The molecule has 0 aliphatic rings. The molecule has 0 atom stereocenters. The van der Waals surface area contributed by atoms with E-state index in [4.69, 9.17) is 9.47 Å². The third-order valence-electron chi connectivity index (χ3n) is 5.63. The Balaban J connectivity index is 1.53. The van der Waals surface area contributed by atoms with Gasteiger partial charge in [0.25, 0.3) is 11.8 Å². The molecule has 38 heavy (non-hydrogen) atoms. The minimum absolute atomic E-state index is 0.0739. The van der Waals surface area contributed by atoms with Gasteiger partial charge in [-0.15, -0.1) is 11.8 Å². The summed E-state index contributed by atoms with van der Waals surface area (Å²) in [7, 11) is 3.10. The van der Waals surface area contributed by atoms with E-state index in [1.807, 2.05) is 48.5 Å². The molecule has 0 aliphatic carbocycles. The largest absolute Gasteiger partial charge is 0.497 e. The SMILES string of the molecule is COc1ccc(/C=C(\NC(=O)c2ccccc2)C(=O)Nc2ccc(SCc3ccccc3)cc2)c(OC)c1. The van der Waals surface area contributed by atoms with Crippen LogP contribution in [0, 0.1) is 0 Å². The quantitative estimate of drug-likeness (QED) is 0.185. The summed E-state index contributed by atoms with van der Waals surface area (Å²) in [5.41, 5.74) is 2.98. The lowest BCUT2D eigenvalue weighted by Gasteiger charge is -2.13. The van der Waals surface area contributed by atoms with Crippen LogP contribution in [0.25, 0.3) is 6.08 Å². The van der Waals surface area contributed by atoms with Crippen LogP contribution >= 0.6 is 11.8 Å². The second-order valence-electron chi connectivity index (χ2n) is 8.24. The van der Waals surface area contributed by atoms with Crippen molar-refractivity contribution in [3.8, 4) is 11.5 Å². The standard InChI is InChI=1S/C31H28N2O4S/c1-36-26-16-13-24(29(20-26)37-2)19-28(33-30(34)23-11-7-4-8-12-23)31(35)32-25-14-17-27(18-15-25)38-21-22-9-5-3-6-10-22/h3-20H,21H2,1-2H3,(H,32,35)(H,33,34)/b28-19-. The number of thioether (sulfide) groups is 1. The smallest absolute Gasteiger partial charge is 0.272 e. The molecule has 4 aromatic carbocycles. The molecule has 0 bridgehead atoms. The topological polar surface area (TPSA) is 76.7 Å². The Bertz CT molecular complexity index is 1410. The first-order valence-electron chi connectivity index (χ1n) is 11.9. The molecule has 7 heteroatoms. The van der Waals surface area contributed by atoms with Gasteiger partial charge in [0.1, 0.15) is 17.2 Å². The maximum atomic E-state index is 13.3. The number of ether oxygens (including phenoxy) is 2. The Morgan fingerprint density at radius 3 is 2.16 bits per heavy atom. The Hall–Kier alpha value is -4.49. The number of anilines is 1. The van der Waals surface area contributed by atoms with Gasteiger partial charge in [-0.2, -0.15) is 0 Å². The molecular weight excluding hydrogens is 496 g/mol. The minimum Gasteiger partial charge on any atom is -0.497 e. The van der Waals surface area contributed by atoms with Crippen LogP contribution in [0.1, 0.15) is 21.5 Å². The molecule has 4 aromatic rings. The van der Waals surface area contributed by atoms with Gasteiger partial charge in [0.2, 0.25) is 0 Å².